The van der Waals surface area contributed by atoms with Gasteiger partial charge in [0.05, 0.1) is 33.4 Å². The molecule has 0 amide bonds. The van der Waals surface area contributed by atoms with Gasteiger partial charge in [-0.05, 0) is 12.5 Å². The van der Waals surface area contributed by atoms with Crippen molar-refractivity contribution in [3.63, 3.8) is 0 Å². The number of aliphatic hydroxyl groups is 1. The highest BCUT2D eigenvalue weighted by molar-refractivity contribution is 4.89. The van der Waals surface area contributed by atoms with Crippen LogP contribution in [0.4, 0.5) is 0 Å². The van der Waals surface area contributed by atoms with Crippen LogP contribution in [0.25, 0.3) is 0 Å². The number of allylic oxidation sites excluding steroid dienone is 2. The van der Waals surface area contributed by atoms with Crippen molar-refractivity contribution in [3.8, 4) is 0 Å². The zero-order valence-electron chi connectivity index (χ0n) is 8.80. The molecule has 2 heteroatoms. The summed E-state index contributed by atoms with van der Waals surface area (Å²) in [4.78, 5) is 0. The van der Waals surface area contributed by atoms with Crippen LogP contribution < -0.4 is 0 Å². The van der Waals surface area contributed by atoms with Gasteiger partial charge in [0.25, 0.3) is 0 Å². The summed E-state index contributed by atoms with van der Waals surface area (Å²) < 4.78 is 0.972. The van der Waals surface area contributed by atoms with Crippen molar-refractivity contribution in [1.82, 2.24) is 0 Å². The van der Waals surface area contributed by atoms with Gasteiger partial charge in [0.2, 0.25) is 0 Å². The highest BCUT2D eigenvalue weighted by Crippen LogP contribution is 2.04. The molecule has 0 unspecified atom stereocenters. The minimum Gasteiger partial charge on any atom is -0.513 e. The summed E-state index contributed by atoms with van der Waals surface area (Å²) >= 11 is 0. The van der Waals surface area contributed by atoms with Crippen molar-refractivity contribution in [3.05, 3.63) is 11.8 Å². The average Bonchev–Trinajstić information content (AvgIpc) is 1.84. The van der Waals surface area contributed by atoms with Crippen LogP contribution in [0.3, 0.4) is 0 Å². The first-order chi connectivity index (χ1) is 5.45. The number of hydrogen-bond donors (Lipinski definition) is 1. The lowest BCUT2D eigenvalue weighted by molar-refractivity contribution is -0.870. The van der Waals surface area contributed by atoms with E-state index < -0.39 is 0 Å². The molecule has 0 radical (unpaired) electrons. The number of quaternary nitrogens is 1. The van der Waals surface area contributed by atoms with Gasteiger partial charge in [0, 0.05) is 12.8 Å². The minimum absolute atomic E-state index is 0.547. The number of hydrogen-bond acceptors (Lipinski definition) is 1. The van der Waals surface area contributed by atoms with Crippen LogP contribution in [0.1, 0.15) is 26.2 Å². The molecule has 0 aliphatic heterocycles. The van der Waals surface area contributed by atoms with Crippen molar-refractivity contribution < 1.29 is 9.59 Å². The third-order valence-electron chi connectivity index (χ3n) is 1.70. The standard InChI is InChI=1S/C10H21NO/c1-5-7-10(12)8-6-9-11(2,3)4/h7H,5-6,8-9H2,1-4H3/p+1/b10-7+. The molecule has 0 aliphatic rings. The largest absolute Gasteiger partial charge is 0.513 e. The van der Waals surface area contributed by atoms with Crippen LogP contribution in [0.5, 0.6) is 0 Å². The summed E-state index contributed by atoms with van der Waals surface area (Å²) in [5.41, 5.74) is 0. The van der Waals surface area contributed by atoms with Gasteiger partial charge in [0.1, 0.15) is 0 Å². The fraction of sp³-hybridized carbons (Fsp3) is 0.800. The summed E-state index contributed by atoms with van der Waals surface area (Å²) in [6.45, 7) is 3.15. The van der Waals surface area contributed by atoms with Gasteiger partial charge >= 0.3 is 0 Å². The topological polar surface area (TPSA) is 20.2 Å². The molecule has 12 heavy (non-hydrogen) atoms. The van der Waals surface area contributed by atoms with Crippen LogP contribution in [0.2, 0.25) is 0 Å². The van der Waals surface area contributed by atoms with E-state index in [1.54, 1.807) is 0 Å². The maximum absolute atomic E-state index is 9.30. The van der Waals surface area contributed by atoms with E-state index in [9.17, 15) is 5.11 Å². The summed E-state index contributed by atoms with van der Waals surface area (Å²) in [6.07, 6.45) is 4.70. The second-order valence-electron chi connectivity index (χ2n) is 4.22. The first-order valence-electron chi connectivity index (χ1n) is 4.64. The fourth-order valence-electron chi connectivity index (χ4n) is 1.07. The van der Waals surface area contributed by atoms with E-state index in [1.165, 1.54) is 0 Å². The molecule has 0 aromatic carbocycles. The van der Waals surface area contributed by atoms with Gasteiger partial charge in [-0.1, -0.05) is 6.92 Å². The van der Waals surface area contributed by atoms with Crippen LogP contribution >= 0.6 is 0 Å². The van der Waals surface area contributed by atoms with Crippen LogP contribution in [-0.4, -0.2) is 37.3 Å². The second-order valence-corrected chi connectivity index (χ2v) is 4.22. The number of nitrogens with zero attached hydrogens (tertiary/aromatic N) is 1. The van der Waals surface area contributed by atoms with Gasteiger partial charge in [0.15, 0.2) is 0 Å². The Labute approximate surface area is 76.1 Å². The highest BCUT2D eigenvalue weighted by Gasteiger charge is 2.05. The minimum atomic E-state index is 0.547. The molecule has 2 nitrogen and oxygen atoms in total. The Hall–Kier alpha value is -0.500. The van der Waals surface area contributed by atoms with Gasteiger partial charge in [-0.15, -0.1) is 0 Å². The van der Waals surface area contributed by atoms with Gasteiger partial charge in [-0.25, -0.2) is 0 Å². The summed E-state index contributed by atoms with van der Waals surface area (Å²) in [5.74, 6) is 0.547. The van der Waals surface area contributed by atoms with Gasteiger partial charge < -0.3 is 9.59 Å². The van der Waals surface area contributed by atoms with Crippen molar-refractivity contribution in [2.45, 2.75) is 26.2 Å². The van der Waals surface area contributed by atoms with Crippen LogP contribution in [0, 0.1) is 0 Å². The first kappa shape index (κ1) is 11.5. The molecule has 1 N–H and O–H groups in total. The lowest BCUT2D eigenvalue weighted by Crippen LogP contribution is -2.35. The molecule has 0 heterocycles. The molecule has 72 valence electrons. The average molecular weight is 172 g/mol. The lowest BCUT2D eigenvalue weighted by Gasteiger charge is -2.23. The van der Waals surface area contributed by atoms with E-state index >= 15 is 0 Å². The SMILES string of the molecule is CC/C=C(/O)CCC[N+](C)(C)C. The normalized spacial score (nSPS) is 13.5. The van der Waals surface area contributed by atoms with E-state index in [-0.39, 0.29) is 0 Å². The van der Waals surface area contributed by atoms with E-state index in [2.05, 4.69) is 21.1 Å². The summed E-state index contributed by atoms with van der Waals surface area (Å²) in [6, 6.07) is 0. The predicted molar refractivity (Wildman–Crippen MR) is 53.1 cm³/mol. The fourth-order valence-corrected chi connectivity index (χ4v) is 1.07. The summed E-state index contributed by atoms with van der Waals surface area (Å²) in [7, 11) is 6.50. The van der Waals surface area contributed by atoms with Crippen molar-refractivity contribution in [2.75, 3.05) is 27.7 Å². The third-order valence-corrected chi connectivity index (χ3v) is 1.70. The molecule has 0 rings (SSSR count). The smallest absolute Gasteiger partial charge is 0.0885 e. The van der Waals surface area contributed by atoms with Crippen molar-refractivity contribution in [1.29, 1.82) is 0 Å². The molecular weight excluding hydrogens is 150 g/mol. The quantitative estimate of drug-likeness (QED) is 0.498. The van der Waals surface area contributed by atoms with Crippen molar-refractivity contribution >= 4 is 0 Å². The Kier molecular flexibility index (Phi) is 4.98. The lowest BCUT2D eigenvalue weighted by atomic mass is 10.2. The molecule has 0 bridgehead atoms. The molecule has 0 aromatic rings. The molecule has 0 fully saturated rings. The van der Waals surface area contributed by atoms with E-state index in [0.717, 1.165) is 30.3 Å². The molecular formula is C10H22NO+. The van der Waals surface area contributed by atoms with Crippen LogP contribution in [0.15, 0.2) is 11.8 Å². The van der Waals surface area contributed by atoms with Crippen molar-refractivity contribution in [2.24, 2.45) is 0 Å². The Bertz CT molecular complexity index is 144. The molecule has 0 saturated heterocycles. The molecule has 0 saturated carbocycles. The zero-order valence-corrected chi connectivity index (χ0v) is 8.80. The number of rotatable bonds is 5. The second kappa shape index (κ2) is 5.20. The number of aliphatic hydroxyl groups excluding tert-OH is 1. The third kappa shape index (κ3) is 7.61. The highest BCUT2D eigenvalue weighted by atomic mass is 16.3. The Morgan fingerprint density at radius 1 is 1.33 bits per heavy atom. The molecule has 0 aliphatic carbocycles. The van der Waals surface area contributed by atoms with E-state index in [1.807, 2.05) is 13.0 Å². The monoisotopic (exact) mass is 172 g/mol. The van der Waals surface area contributed by atoms with E-state index in [4.69, 9.17) is 0 Å². The molecule has 0 spiro atoms. The maximum atomic E-state index is 9.30. The van der Waals surface area contributed by atoms with E-state index in [0.29, 0.717) is 5.76 Å². The zero-order chi connectivity index (χ0) is 9.61. The molecule has 0 atom stereocenters. The first-order valence-corrected chi connectivity index (χ1v) is 4.64. The Morgan fingerprint density at radius 3 is 2.33 bits per heavy atom. The predicted octanol–water partition coefficient (Wildman–Crippen LogP) is 2.32. The Morgan fingerprint density at radius 2 is 1.92 bits per heavy atom. The van der Waals surface area contributed by atoms with Gasteiger partial charge in [-0.3, -0.25) is 0 Å². The maximum Gasteiger partial charge on any atom is 0.0885 e. The van der Waals surface area contributed by atoms with Crippen LogP contribution in [-0.2, 0) is 0 Å². The Balaban J connectivity index is 3.50. The van der Waals surface area contributed by atoms with Gasteiger partial charge in [-0.2, -0.15) is 0 Å². The summed E-state index contributed by atoms with van der Waals surface area (Å²) in [5, 5.41) is 9.30. The molecule has 0 aromatic heterocycles.